The molecule has 0 aromatic carbocycles. The molecule has 0 bridgehead atoms. The minimum atomic E-state index is -4.77. The standard InChI is InChI=1S/C19H37NO7S/c1-3-5-6-7-8-9-10-11-12-13-15-26-27-19(22)17(28(23,24)25)16-18(21)20-14-4-2/h17H,3-16H2,1-2H3,(H,20,21)(H,23,24,25). The normalized spacial score (nSPS) is 12.5. The molecule has 0 aliphatic heterocycles. The number of hydrogen-bond donors (Lipinski definition) is 2. The molecular formula is C19H37NO7S. The van der Waals surface area contributed by atoms with Crippen LogP contribution in [0.3, 0.4) is 0 Å². The molecule has 1 atom stereocenters. The zero-order valence-electron chi connectivity index (χ0n) is 17.3. The lowest BCUT2D eigenvalue weighted by Crippen LogP contribution is -2.37. The summed E-state index contributed by atoms with van der Waals surface area (Å²) in [5.41, 5.74) is 0. The van der Waals surface area contributed by atoms with E-state index in [2.05, 4.69) is 17.1 Å². The summed E-state index contributed by atoms with van der Waals surface area (Å²) >= 11 is 0. The van der Waals surface area contributed by atoms with Gasteiger partial charge < -0.3 is 5.32 Å². The maximum Gasteiger partial charge on any atom is 0.363 e. The van der Waals surface area contributed by atoms with Gasteiger partial charge in [0.25, 0.3) is 10.1 Å². The molecule has 9 heteroatoms. The van der Waals surface area contributed by atoms with Gasteiger partial charge in [0.1, 0.15) is 0 Å². The van der Waals surface area contributed by atoms with Crippen LogP contribution in [0.2, 0.25) is 0 Å². The van der Waals surface area contributed by atoms with Crippen molar-refractivity contribution in [2.75, 3.05) is 13.2 Å². The summed E-state index contributed by atoms with van der Waals surface area (Å²) in [6.07, 6.45) is 11.4. The average molecular weight is 424 g/mol. The Morgan fingerprint density at radius 2 is 1.43 bits per heavy atom. The van der Waals surface area contributed by atoms with E-state index in [9.17, 15) is 18.0 Å². The third kappa shape index (κ3) is 14.8. The molecule has 1 unspecified atom stereocenters. The number of rotatable bonds is 18. The Morgan fingerprint density at radius 1 is 0.893 bits per heavy atom. The molecule has 0 aromatic rings. The lowest BCUT2D eigenvalue weighted by Gasteiger charge is -2.12. The minimum absolute atomic E-state index is 0.141. The van der Waals surface area contributed by atoms with Crippen molar-refractivity contribution in [3.63, 3.8) is 0 Å². The van der Waals surface area contributed by atoms with Crippen LogP contribution in [0.4, 0.5) is 0 Å². The number of amides is 1. The molecule has 0 saturated carbocycles. The van der Waals surface area contributed by atoms with Crippen molar-refractivity contribution < 1.29 is 32.3 Å². The Kier molecular flexibility index (Phi) is 16.0. The molecule has 1 amide bonds. The smallest absolute Gasteiger partial charge is 0.356 e. The van der Waals surface area contributed by atoms with Crippen molar-refractivity contribution in [3.05, 3.63) is 0 Å². The summed E-state index contributed by atoms with van der Waals surface area (Å²) in [7, 11) is -4.77. The van der Waals surface area contributed by atoms with Gasteiger partial charge in [0.15, 0.2) is 5.25 Å². The Morgan fingerprint density at radius 3 is 1.93 bits per heavy atom. The summed E-state index contributed by atoms with van der Waals surface area (Å²) < 4.78 is 31.8. The van der Waals surface area contributed by atoms with Crippen molar-refractivity contribution in [2.45, 2.75) is 96.1 Å². The van der Waals surface area contributed by atoms with Crippen molar-refractivity contribution in [1.82, 2.24) is 5.32 Å². The van der Waals surface area contributed by atoms with Crippen molar-refractivity contribution >= 4 is 22.0 Å². The van der Waals surface area contributed by atoms with E-state index in [0.717, 1.165) is 19.3 Å². The van der Waals surface area contributed by atoms with Gasteiger partial charge in [-0.05, 0) is 12.8 Å². The van der Waals surface area contributed by atoms with Gasteiger partial charge in [-0.15, -0.1) is 0 Å². The molecule has 28 heavy (non-hydrogen) atoms. The molecule has 0 radical (unpaired) electrons. The molecule has 166 valence electrons. The highest BCUT2D eigenvalue weighted by atomic mass is 32.2. The first-order valence-corrected chi connectivity index (χ1v) is 11.9. The van der Waals surface area contributed by atoms with Crippen LogP contribution in [-0.2, 0) is 29.5 Å². The van der Waals surface area contributed by atoms with E-state index in [4.69, 9.17) is 9.44 Å². The first kappa shape index (κ1) is 26.8. The van der Waals surface area contributed by atoms with Crippen LogP contribution in [-0.4, -0.2) is 43.2 Å². The second kappa shape index (κ2) is 16.7. The molecular weight excluding hydrogens is 386 g/mol. The van der Waals surface area contributed by atoms with E-state index in [0.29, 0.717) is 19.4 Å². The lowest BCUT2D eigenvalue weighted by atomic mass is 10.1. The quantitative estimate of drug-likeness (QED) is 0.150. The van der Waals surface area contributed by atoms with Gasteiger partial charge in [-0.2, -0.15) is 13.3 Å². The largest absolute Gasteiger partial charge is 0.363 e. The third-order valence-electron chi connectivity index (χ3n) is 4.29. The highest BCUT2D eigenvalue weighted by Crippen LogP contribution is 2.11. The fourth-order valence-electron chi connectivity index (χ4n) is 2.62. The average Bonchev–Trinajstić information content (AvgIpc) is 2.64. The number of hydrogen-bond acceptors (Lipinski definition) is 6. The first-order valence-electron chi connectivity index (χ1n) is 10.4. The molecule has 8 nitrogen and oxygen atoms in total. The highest BCUT2D eigenvalue weighted by Gasteiger charge is 2.35. The van der Waals surface area contributed by atoms with Crippen LogP contribution < -0.4 is 5.32 Å². The first-order chi connectivity index (χ1) is 13.3. The van der Waals surface area contributed by atoms with Gasteiger partial charge in [-0.25, -0.2) is 4.79 Å². The number of carbonyl (C=O) groups is 2. The third-order valence-corrected chi connectivity index (χ3v) is 5.37. The second-order valence-corrected chi connectivity index (χ2v) is 8.56. The van der Waals surface area contributed by atoms with Crippen LogP contribution in [0.25, 0.3) is 0 Å². The minimum Gasteiger partial charge on any atom is -0.356 e. The van der Waals surface area contributed by atoms with Crippen LogP contribution in [0, 0.1) is 0 Å². The molecule has 0 aromatic heterocycles. The van der Waals surface area contributed by atoms with E-state index >= 15 is 0 Å². The molecule has 0 heterocycles. The molecule has 2 N–H and O–H groups in total. The summed E-state index contributed by atoms with van der Waals surface area (Å²) in [5, 5.41) is 0.453. The molecule has 0 fully saturated rings. The van der Waals surface area contributed by atoms with Gasteiger partial charge in [-0.3, -0.25) is 14.2 Å². The predicted octanol–water partition coefficient (Wildman–Crippen LogP) is 3.55. The SMILES string of the molecule is CCCCCCCCCCCCOOC(=O)C(CC(=O)NCCC)S(=O)(=O)O. The van der Waals surface area contributed by atoms with Gasteiger partial charge >= 0.3 is 5.97 Å². The Bertz CT molecular complexity index is 522. The van der Waals surface area contributed by atoms with Gasteiger partial charge in [0.2, 0.25) is 5.91 Å². The maximum absolute atomic E-state index is 11.8. The van der Waals surface area contributed by atoms with Crippen LogP contribution >= 0.6 is 0 Å². The van der Waals surface area contributed by atoms with E-state index in [1.54, 1.807) is 0 Å². The van der Waals surface area contributed by atoms with E-state index < -0.39 is 33.7 Å². The summed E-state index contributed by atoms with van der Waals surface area (Å²) in [4.78, 5) is 32.6. The zero-order chi connectivity index (χ0) is 21.3. The molecule has 0 aliphatic carbocycles. The molecule has 0 aliphatic rings. The fourth-order valence-corrected chi connectivity index (χ4v) is 3.26. The molecule has 0 rings (SSSR count). The Balaban J connectivity index is 3.90. The Labute approximate surface area is 169 Å². The topological polar surface area (TPSA) is 119 Å². The predicted molar refractivity (Wildman–Crippen MR) is 107 cm³/mol. The summed E-state index contributed by atoms with van der Waals surface area (Å²) in [6.45, 7) is 4.52. The summed E-state index contributed by atoms with van der Waals surface area (Å²) in [6, 6.07) is 0. The van der Waals surface area contributed by atoms with Crippen molar-refractivity contribution in [1.29, 1.82) is 0 Å². The van der Waals surface area contributed by atoms with E-state index in [1.807, 2.05) is 6.92 Å². The van der Waals surface area contributed by atoms with Gasteiger partial charge in [0.05, 0.1) is 13.0 Å². The van der Waals surface area contributed by atoms with Crippen molar-refractivity contribution in [2.24, 2.45) is 0 Å². The fraction of sp³-hybridized carbons (Fsp3) is 0.895. The Hall–Kier alpha value is -1.19. The van der Waals surface area contributed by atoms with E-state index in [-0.39, 0.29) is 6.61 Å². The lowest BCUT2D eigenvalue weighted by molar-refractivity contribution is -0.272. The van der Waals surface area contributed by atoms with Crippen LogP contribution in [0.5, 0.6) is 0 Å². The van der Waals surface area contributed by atoms with Crippen molar-refractivity contribution in [3.8, 4) is 0 Å². The second-order valence-electron chi connectivity index (χ2n) is 6.96. The molecule has 0 saturated heterocycles. The highest BCUT2D eigenvalue weighted by molar-refractivity contribution is 7.87. The van der Waals surface area contributed by atoms with Gasteiger partial charge in [0, 0.05) is 6.54 Å². The number of nitrogens with one attached hydrogen (secondary N) is 1. The summed E-state index contributed by atoms with van der Waals surface area (Å²) in [5.74, 6) is -1.95. The number of carbonyl (C=O) groups excluding carboxylic acids is 2. The maximum atomic E-state index is 11.8. The molecule has 0 spiro atoms. The van der Waals surface area contributed by atoms with Crippen LogP contribution in [0.15, 0.2) is 0 Å². The monoisotopic (exact) mass is 423 g/mol. The zero-order valence-corrected chi connectivity index (χ0v) is 18.1. The van der Waals surface area contributed by atoms with E-state index in [1.165, 1.54) is 38.5 Å². The van der Waals surface area contributed by atoms with Crippen LogP contribution in [0.1, 0.15) is 90.9 Å². The van der Waals surface area contributed by atoms with Gasteiger partial charge in [-0.1, -0.05) is 71.6 Å². The number of unbranched alkanes of at least 4 members (excludes halogenated alkanes) is 9.